The molecule has 4 rings (SSSR count). The molecule has 0 unspecified atom stereocenters. The van der Waals surface area contributed by atoms with Gasteiger partial charge in [0.25, 0.3) is 5.56 Å². The highest BCUT2D eigenvalue weighted by atomic mass is 35.5. The maximum absolute atomic E-state index is 12.6. The molecule has 0 spiro atoms. The van der Waals surface area contributed by atoms with Crippen molar-refractivity contribution in [2.45, 2.75) is 32.1 Å². The van der Waals surface area contributed by atoms with Crippen molar-refractivity contribution in [3.8, 4) is 16.9 Å². The molecule has 1 N–H and O–H groups in total. The predicted octanol–water partition coefficient (Wildman–Crippen LogP) is 4.01. The van der Waals surface area contributed by atoms with Gasteiger partial charge in [-0.05, 0) is 55.5 Å². The molecule has 0 aromatic heterocycles. The first-order chi connectivity index (χ1) is 10.7. The summed E-state index contributed by atoms with van der Waals surface area (Å²) in [5.74, 6) is 0. The molecule has 120 valence electrons. The number of fused-ring (bicyclic) bond motifs is 3. The number of aryl methyl sites for hydroxylation is 1. The van der Waals surface area contributed by atoms with Crippen LogP contribution in [0.1, 0.15) is 30.5 Å². The van der Waals surface area contributed by atoms with Crippen LogP contribution >= 0.6 is 24.0 Å². The first-order valence-corrected chi connectivity index (χ1v) is 8.00. The minimum absolute atomic E-state index is 0. The van der Waals surface area contributed by atoms with E-state index in [2.05, 4.69) is 10.1 Å². The fourth-order valence-electron chi connectivity index (χ4n) is 3.19. The summed E-state index contributed by atoms with van der Waals surface area (Å²) in [7, 11) is 0. The average molecular weight is 350 g/mol. The Labute approximate surface area is 145 Å². The molecule has 0 saturated heterocycles. The van der Waals surface area contributed by atoms with Crippen LogP contribution in [0.15, 0.2) is 35.3 Å². The Morgan fingerprint density at radius 2 is 1.83 bits per heavy atom. The molecule has 1 aliphatic carbocycles. The molecule has 0 atom stereocenters. The van der Waals surface area contributed by atoms with Crippen LogP contribution in [-0.2, 0) is 12.8 Å². The number of hydrogen-bond acceptors (Lipinski definition) is 2. The minimum Gasteiger partial charge on any atom is -0.364 e. The third-order valence-electron chi connectivity index (χ3n) is 4.34. The van der Waals surface area contributed by atoms with E-state index in [-0.39, 0.29) is 18.0 Å². The summed E-state index contributed by atoms with van der Waals surface area (Å²) < 4.78 is 1.47. The molecule has 0 amide bonds. The highest BCUT2D eigenvalue weighted by molar-refractivity contribution is 6.30. The van der Waals surface area contributed by atoms with Crippen LogP contribution in [0.25, 0.3) is 16.9 Å². The van der Waals surface area contributed by atoms with Gasteiger partial charge in [0.2, 0.25) is 0 Å². The fraction of sp³-hybridized carbons (Fsp3) is 0.294. The van der Waals surface area contributed by atoms with E-state index < -0.39 is 0 Å². The molecule has 2 heterocycles. The number of nitrogens with one attached hydrogen (secondary N) is 1. The second-order valence-corrected chi connectivity index (χ2v) is 6.20. The lowest BCUT2D eigenvalue weighted by atomic mass is 10.0. The Morgan fingerprint density at radius 1 is 1.09 bits per heavy atom. The van der Waals surface area contributed by atoms with Crippen molar-refractivity contribution < 1.29 is 0 Å². The molecule has 0 saturated carbocycles. The molecule has 6 heteroatoms. The molecule has 3 aliphatic rings. The van der Waals surface area contributed by atoms with Crippen LogP contribution in [0.4, 0.5) is 0 Å². The fourth-order valence-corrected chi connectivity index (χ4v) is 3.31. The van der Waals surface area contributed by atoms with E-state index in [1.807, 2.05) is 12.1 Å². The van der Waals surface area contributed by atoms with Crippen LogP contribution < -0.4 is 5.56 Å². The van der Waals surface area contributed by atoms with Crippen LogP contribution in [0, 0.1) is 0 Å². The van der Waals surface area contributed by atoms with Crippen molar-refractivity contribution in [1.29, 1.82) is 0 Å². The van der Waals surface area contributed by atoms with Gasteiger partial charge in [-0.3, -0.25) is 4.79 Å². The van der Waals surface area contributed by atoms with Gasteiger partial charge < -0.3 is 4.98 Å². The maximum Gasteiger partial charge on any atom is 0.282 e. The number of nitrogens with zero attached hydrogens (tertiary/aromatic N) is 2. The SMILES string of the molecule is Cl.O=c1c2c[nH]c3c(c-2nn1-c1ccc(Cl)cc1)CCCCC3. The van der Waals surface area contributed by atoms with Crippen molar-refractivity contribution >= 4 is 24.0 Å². The van der Waals surface area contributed by atoms with Crippen molar-refractivity contribution in [3.05, 3.63) is 57.1 Å². The van der Waals surface area contributed by atoms with E-state index >= 15 is 0 Å². The first-order valence-electron chi connectivity index (χ1n) is 7.62. The van der Waals surface area contributed by atoms with E-state index in [9.17, 15) is 4.79 Å². The number of aromatic nitrogens is 3. The lowest BCUT2D eigenvalue weighted by molar-refractivity contribution is 0.708. The van der Waals surface area contributed by atoms with Gasteiger partial charge in [0.15, 0.2) is 0 Å². The summed E-state index contributed by atoms with van der Waals surface area (Å²) >= 11 is 5.92. The van der Waals surface area contributed by atoms with E-state index in [1.165, 1.54) is 28.8 Å². The zero-order valence-electron chi connectivity index (χ0n) is 12.5. The number of hydrogen-bond donors (Lipinski definition) is 1. The Kier molecular flexibility index (Phi) is 4.46. The van der Waals surface area contributed by atoms with Gasteiger partial charge in [0, 0.05) is 16.9 Å². The van der Waals surface area contributed by atoms with Crippen molar-refractivity contribution in [1.82, 2.24) is 14.8 Å². The second-order valence-electron chi connectivity index (χ2n) is 5.76. The van der Waals surface area contributed by atoms with E-state index in [0.717, 1.165) is 30.6 Å². The van der Waals surface area contributed by atoms with E-state index in [4.69, 9.17) is 11.6 Å². The molecular weight excluding hydrogens is 333 g/mol. The smallest absolute Gasteiger partial charge is 0.282 e. The summed E-state index contributed by atoms with van der Waals surface area (Å²) in [5, 5.41) is 5.26. The van der Waals surface area contributed by atoms with E-state index in [1.54, 1.807) is 18.3 Å². The summed E-state index contributed by atoms with van der Waals surface area (Å²) in [4.78, 5) is 15.9. The third kappa shape index (κ3) is 2.77. The van der Waals surface area contributed by atoms with Crippen molar-refractivity contribution in [3.63, 3.8) is 0 Å². The molecule has 2 aliphatic heterocycles. The van der Waals surface area contributed by atoms with Gasteiger partial charge in [-0.2, -0.15) is 9.78 Å². The number of benzene rings is 1. The second kappa shape index (κ2) is 6.38. The molecule has 0 fully saturated rings. The summed E-state index contributed by atoms with van der Waals surface area (Å²) in [6.07, 6.45) is 7.40. The monoisotopic (exact) mass is 349 g/mol. The van der Waals surface area contributed by atoms with Gasteiger partial charge in [-0.25, -0.2) is 0 Å². The largest absolute Gasteiger partial charge is 0.364 e. The molecule has 4 nitrogen and oxygen atoms in total. The Balaban J connectivity index is 0.00000156. The minimum atomic E-state index is -0.0828. The number of aromatic amines is 1. The summed E-state index contributed by atoms with van der Waals surface area (Å²) in [6, 6.07) is 7.18. The van der Waals surface area contributed by atoms with Crippen LogP contribution in [-0.4, -0.2) is 14.8 Å². The number of rotatable bonds is 1. The zero-order valence-corrected chi connectivity index (χ0v) is 14.1. The van der Waals surface area contributed by atoms with Crippen LogP contribution in [0.2, 0.25) is 5.02 Å². The number of pyridine rings is 1. The van der Waals surface area contributed by atoms with Gasteiger partial charge in [0.05, 0.1) is 11.3 Å². The molecular formula is C17H17Cl2N3O. The lowest BCUT2D eigenvalue weighted by Crippen LogP contribution is -2.14. The molecule has 23 heavy (non-hydrogen) atoms. The van der Waals surface area contributed by atoms with Gasteiger partial charge in [0.1, 0.15) is 5.69 Å². The van der Waals surface area contributed by atoms with Gasteiger partial charge in [-0.15, -0.1) is 12.4 Å². The first kappa shape index (κ1) is 16.1. The average Bonchev–Trinajstić information content (AvgIpc) is 2.73. The van der Waals surface area contributed by atoms with Gasteiger partial charge >= 0.3 is 0 Å². The number of H-pyrrole nitrogens is 1. The quantitative estimate of drug-likeness (QED) is 0.674. The van der Waals surface area contributed by atoms with Crippen molar-refractivity contribution in [2.24, 2.45) is 0 Å². The van der Waals surface area contributed by atoms with Gasteiger partial charge in [-0.1, -0.05) is 18.0 Å². The predicted molar refractivity (Wildman–Crippen MR) is 94.3 cm³/mol. The topological polar surface area (TPSA) is 50.7 Å². The Bertz CT molecular complexity index is 851. The van der Waals surface area contributed by atoms with E-state index in [0.29, 0.717) is 10.6 Å². The lowest BCUT2D eigenvalue weighted by Gasteiger charge is -2.08. The zero-order chi connectivity index (χ0) is 15.1. The highest BCUT2D eigenvalue weighted by Gasteiger charge is 2.23. The Morgan fingerprint density at radius 3 is 2.61 bits per heavy atom. The molecule has 1 aromatic carbocycles. The summed E-state index contributed by atoms with van der Waals surface area (Å²) in [5.41, 5.74) is 4.60. The highest BCUT2D eigenvalue weighted by Crippen LogP contribution is 2.28. The van der Waals surface area contributed by atoms with Crippen LogP contribution in [0.3, 0.4) is 0 Å². The molecule has 0 radical (unpaired) electrons. The molecule has 0 bridgehead atoms. The normalized spacial score (nSPS) is 14.1. The third-order valence-corrected chi connectivity index (χ3v) is 4.60. The van der Waals surface area contributed by atoms with Crippen molar-refractivity contribution in [2.75, 3.05) is 0 Å². The Hall–Kier alpha value is -1.78. The standard InChI is InChI=1S/C17H16ClN3O.ClH/c18-11-6-8-12(9-7-11)21-17(22)14-10-19-15-5-3-1-2-4-13(15)16(14)20-21;/h6-10,19H,1-5H2;1H. The maximum atomic E-state index is 12.6. The van der Waals surface area contributed by atoms with Crippen LogP contribution in [0.5, 0.6) is 0 Å². The number of halogens is 2. The summed E-state index contributed by atoms with van der Waals surface area (Å²) in [6.45, 7) is 0. The molecule has 1 aromatic rings.